The first kappa shape index (κ1) is 40.2. The Kier molecular flexibility index (Phi) is 15.8. The lowest BCUT2D eigenvalue weighted by molar-refractivity contribution is -0.282. The third-order valence-electron chi connectivity index (χ3n) is 6.51. The molecule has 2 aliphatic rings. The number of benzene rings is 1. The van der Waals surface area contributed by atoms with Gasteiger partial charge in [0.15, 0.2) is 18.3 Å². The molecule has 3 amide bonds. The molecule has 52 heavy (non-hydrogen) atoms. The summed E-state index contributed by atoms with van der Waals surface area (Å²) >= 11 is 0. The van der Waals surface area contributed by atoms with Crippen molar-refractivity contribution in [3.63, 3.8) is 0 Å². The summed E-state index contributed by atoms with van der Waals surface area (Å²) in [4.78, 5) is 93.0. The molecule has 3 rings (SSSR count). The lowest BCUT2D eigenvalue weighted by Gasteiger charge is -2.42. The lowest BCUT2D eigenvalue weighted by Crippen LogP contribution is -2.64. The van der Waals surface area contributed by atoms with Gasteiger partial charge in [-0.1, -0.05) is 62.8 Å². The van der Waals surface area contributed by atoms with E-state index in [4.69, 9.17) is 47.5 Å². The fourth-order valence-corrected chi connectivity index (χ4v) is 4.30. The first-order chi connectivity index (χ1) is 25.0. The summed E-state index contributed by atoms with van der Waals surface area (Å²) in [7, 11) is 0. The van der Waals surface area contributed by atoms with Gasteiger partial charge in [0, 0.05) is 18.5 Å². The van der Waals surface area contributed by atoms with Gasteiger partial charge in [-0.25, -0.2) is 24.0 Å². The van der Waals surface area contributed by atoms with Gasteiger partial charge >= 0.3 is 30.5 Å². The Morgan fingerprint density at radius 2 is 1.17 bits per heavy atom. The topological polar surface area (TPSA) is 227 Å². The summed E-state index contributed by atoms with van der Waals surface area (Å²) in [5, 5.41) is 3.08. The van der Waals surface area contributed by atoms with Crippen LogP contribution in [0.4, 0.5) is 24.9 Å². The number of hydrogen-bond acceptors (Lipinski definition) is 17. The van der Waals surface area contributed by atoms with E-state index in [1.54, 1.807) is 0 Å². The molecule has 0 saturated carbocycles. The second-order valence-electron chi connectivity index (χ2n) is 10.2. The molecule has 2 aliphatic heterocycles. The molecule has 0 aromatic heterocycles. The average Bonchev–Trinajstić information content (AvgIpc) is 3.45. The van der Waals surface area contributed by atoms with Gasteiger partial charge in [0.1, 0.15) is 33.0 Å². The molecule has 280 valence electrons. The van der Waals surface area contributed by atoms with Gasteiger partial charge in [-0.15, -0.1) is 0 Å². The van der Waals surface area contributed by atoms with Gasteiger partial charge in [-0.2, -0.15) is 5.06 Å². The summed E-state index contributed by atoms with van der Waals surface area (Å²) in [5.41, 5.74) is 0.671. The van der Waals surface area contributed by atoms with Crippen molar-refractivity contribution in [3.8, 4) is 0 Å². The Bertz CT molecular complexity index is 1490. The van der Waals surface area contributed by atoms with Gasteiger partial charge in [0.25, 0.3) is 11.8 Å². The van der Waals surface area contributed by atoms with E-state index in [1.807, 2.05) is 0 Å². The summed E-state index contributed by atoms with van der Waals surface area (Å²) in [6.07, 6.45) is -10.6. The Morgan fingerprint density at radius 1 is 0.692 bits per heavy atom. The molecule has 5 atom stereocenters. The van der Waals surface area contributed by atoms with Crippen LogP contribution in [-0.2, 0) is 68.5 Å². The highest BCUT2D eigenvalue weighted by atomic mass is 16.8. The van der Waals surface area contributed by atoms with Crippen LogP contribution in [0, 0.1) is 0 Å². The van der Waals surface area contributed by atoms with E-state index in [9.17, 15) is 33.6 Å². The fraction of sp³-hybridized carbons (Fsp3) is 0.364. The van der Waals surface area contributed by atoms with Crippen LogP contribution in [0.3, 0.4) is 0 Å². The fourth-order valence-electron chi connectivity index (χ4n) is 4.30. The zero-order chi connectivity index (χ0) is 38.0. The minimum absolute atomic E-state index is 0.0510. The van der Waals surface area contributed by atoms with Crippen molar-refractivity contribution in [1.82, 2.24) is 5.06 Å². The third kappa shape index (κ3) is 12.0. The number of carbonyl (C=O) groups is 7. The second-order valence-corrected chi connectivity index (χ2v) is 10.2. The Morgan fingerprint density at radius 3 is 1.69 bits per heavy atom. The van der Waals surface area contributed by atoms with Crippen molar-refractivity contribution in [2.75, 3.05) is 31.7 Å². The molecule has 1 aromatic rings. The Labute approximate surface area is 296 Å². The first-order valence-corrected chi connectivity index (χ1v) is 15.3. The van der Waals surface area contributed by atoms with Crippen LogP contribution in [0.1, 0.15) is 18.4 Å². The summed E-state index contributed by atoms with van der Waals surface area (Å²) in [6, 6.07) is 5.87. The number of ether oxygens (including phenoxy) is 9. The third-order valence-corrected chi connectivity index (χ3v) is 6.51. The number of imide groups is 1. The summed E-state index contributed by atoms with van der Waals surface area (Å²) < 4.78 is 46.6. The first-order valence-electron chi connectivity index (χ1n) is 15.3. The zero-order valence-corrected chi connectivity index (χ0v) is 27.7. The molecule has 2 heterocycles. The van der Waals surface area contributed by atoms with E-state index >= 15 is 0 Å². The van der Waals surface area contributed by atoms with E-state index in [2.05, 4.69) is 31.6 Å². The van der Waals surface area contributed by atoms with Gasteiger partial charge in [0.05, 0.1) is 0 Å². The van der Waals surface area contributed by atoms with E-state index < -0.39 is 73.0 Å². The molecule has 1 N–H and O–H groups in total. The standard InChI is InChI=1S/C33H36N2O17/c1-5-15-43-28(38)26-24(49-31(40)44-16-6-2)25(50-32(41)45-17-7-3)27(51-33(42)46-18-8-4)29(48-26)52-30(39)34-21-11-9-20(10-12-21)19-47-35-22(36)13-14-23(35)37/h5-12,24-27,29H,1-4,13-19H2,(H,34,39)/t24-,25-,26-,27+,29-/m0/s1. The SMILES string of the molecule is C=CCOC(=O)O[C@@H]1[C@@H](OC(=O)OCC=C)[C@H](OC(=O)Nc2ccc(CON3C(=O)CCC3=O)cc2)O[C@H](C(=O)OCC=C)[C@H]1OC(=O)OCC=C. The number of amides is 3. The monoisotopic (exact) mass is 732 g/mol. The summed E-state index contributed by atoms with van der Waals surface area (Å²) in [6.45, 7) is 12.2. The molecule has 0 aliphatic carbocycles. The number of anilines is 1. The molecule has 0 spiro atoms. The average molecular weight is 733 g/mol. The molecule has 2 saturated heterocycles. The van der Waals surface area contributed by atoms with E-state index in [0.29, 0.717) is 10.6 Å². The van der Waals surface area contributed by atoms with Crippen LogP contribution >= 0.6 is 0 Å². The van der Waals surface area contributed by atoms with Crippen LogP contribution in [0.2, 0.25) is 0 Å². The Hall–Kier alpha value is -6.21. The zero-order valence-electron chi connectivity index (χ0n) is 27.7. The maximum Gasteiger partial charge on any atom is 0.509 e. The summed E-state index contributed by atoms with van der Waals surface area (Å²) in [5.74, 6) is -2.14. The predicted molar refractivity (Wildman–Crippen MR) is 171 cm³/mol. The highest BCUT2D eigenvalue weighted by Crippen LogP contribution is 2.31. The van der Waals surface area contributed by atoms with Gasteiger partial charge in [-0.05, 0) is 17.7 Å². The molecule has 0 unspecified atom stereocenters. The number of rotatable bonds is 17. The highest BCUT2D eigenvalue weighted by molar-refractivity contribution is 6.00. The van der Waals surface area contributed by atoms with Crippen molar-refractivity contribution >= 4 is 48.0 Å². The minimum atomic E-state index is -2.08. The number of esters is 1. The van der Waals surface area contributed by atoms with E-state index in [0.717, 1.165) is 0 Å². The van der Waals surface area contributed by atoms with Crippen molar-refractivity contribution in [2.45, 2.75) is 50.2 Å². The molecule has 1 aromatic carbocycles. The molecular formula is C33H36N2O17. The molecule has 19 nitrogen and oxygen atoms in total. The van der Waals surface area contributed by atoms with Crippen molar-refractivity contribution in [2.24, 2.45) is 0 Å². The largest absolute Gasteiger partial charge is 0.509 e. The predicted octanol–water partition coefficient (Wildman–Crippen LogP) is 3.39. The molecular weight excluding hydrogens is 696 g/mol. The minimum Gasteiger partial charge on any atom is -0.459 e. The van der Waals surface area contributed by atoms with E-state index in [-0.39, 0.29) is 51.6 Å². The highest BCUT2D eigenvalue weighted by Gasteiger charge is 2.57. The van der Waals surface area contributed by atoms with Gasteiger partial charge < -0.3 is 42.6 Å². The quantitative estimate of drug-likeness (QED) is 0.105. The molecule has 2 fully saturated rings. The normalized spacial score (nSPS) is 20.7. The maximum absolute atomic E-state index is 13.2. The number of nitrogens with zero attached hydrogens (tertiary/aromatic N) is 1. The van der Waals surface area contributed by atoms with Crippen LogP contribution in [0.25, 0.3) is 0 Å². The van der Waals surface area contributed by atoms with Crippen LogP contribution < -0.4 is 5.32 Å². The molecule has 19 heteroatoms. The van der Waals surface area contributed by atoms with Gasteiger partial charge in [-0.3, -0.25) is 19.7 Å². The second kappa shape index (κ2) is 20.5. The van der Waals surface area contributed by atoms with Crippen molar-refractivity contribution in [1.29, 1.82) is 0 Å². The Balaban J connectivity index is 1.90. The smallest absolute Gasteiger partial charge is 0.459 e. The van der Waals surface area contributed by atoms with Crippen LogP contribution in [0.5, 0.6) is 0 Å². The number of carbonyl (C=O) groups excluding carboxylic acids is 7. The maximum atomic E-state index is 13.2. The number of hydrogen-bond donors (Lipinski definition) is 1. The van der Waals surface area contributed by atoms with E-state index in [1.165, 1.54) is 48.6 Å². The molecule has 0 bridgehead atoms. The lowest BCUT2D eigenvalue weighted by atomic mass is 9.98. The van der Waals surface area contributed by atoms with Crippen molar-refractivity contribution in [3.05, 3.63) is 80.4 Å². The van der Waals surface area contributed by atoms with Crippen LogP contribution in [-0.4, -0.2) is 105 Å². The van der Waals surface area contributed by atoms with Crippen molar-refractivity contribution < 1.29 is 81.0 Å². The van der Waals surface area contributed by atoms with Gasteiger partial charge in [0.2, 0.25) is 12.4 Å². The van der Waals surface area contributed by atoms with Crippen LogP contribution in [0.15, 0.2) is 74.9 Å². The molecule has 0 radical (unpaired) electrons. The number of hydroxylamine groups is 2. The number of nitrogens with one attached hydrogen (secondary N) is 1.